The number of para-hydroxylation sites is 1. The third-order valence-electron chi connectivity index (χ3n) is 5.25. The predicted molar refractivity (Wildman–Crippen MR) is 115 cm³/mol. The van der Waals surface area contributed by atoms with Crippen molar-refractivity contribution in [3.8, 4) is 22.8 Å². The number of hydrogen-bond donors (Lipinski definition) is 0. The van der Waals surface area contributed by atoms with Gasteiger partial charge in [0.15, 0.2) is 11.5 Å². The van der Waals surface area contributed by atoms with Gasteiger partial charge in [0.2, 0.25) is 0 Å². The lowest BCUT2D eigenvalue weighted by atomic mass is 10.1. The monoisotopic (exact) mass is 404 g/mol. The van der Waals surface area contributed by atoms with E-state index < -0.39 is 0 Å². The predicted octanol–water partition coefficient (Wildman–Crippen LogP) is 3.12. The molecule has 0 atom stereocenters. The van der Waals surface area contributed by atoms with Gasteiger partial charge < -0.3 is 19.3 Å². The average molecular weight is 404 g/mol. The number of piperazine rings is 1. The molecule has 1 aliphatic heterocycles. The summed E-state index contributed by atoms with van der Waals surface area (Å²) in [4.78, 5) is 25.9. The van der Waals surface area contributed by atoms with Crippen LogP contribution < -0.4 is 14.4 Å². The van der Waals surface area contributed by atoms with Crippen LogP contribution >= 0.6 is 0 Å². The van der Waals surface area contributed by atoms with Gasteiger partial charge in [-0.15, -0.1) is 0 Å². The van der Waals surface area contributed by atoms with Gasteiger partial charge in [0.05, 0.1) is 25.5 Å². The Kier molecular flexibility index (Phi) is 5.79. The second kappa shape index (κ2) is 8.82. The highest BCUT2D eigenvalue weighted by Crippen LogP contribution is 2.32. The maximum Gasteiger partial charge on any atom is 0.257 e. The molecule has 7 heteroatoms. The quantitative estimate of drug-likeness (QED) is 0.651. The Morgan fingerprint density at radius 1 is 0.900 bits per heavy atom. The lowest BCUT2D eigenvalue weighted by Gasteiger charge is -2.35. The molecule has 0 unspecified atom stereocenters. The Labute approximate surface area is 175 Å². The van der Waals surface area contributed by atoms with Crippen LogP contribution in [-0.2, 0) is 0 Å². The lowest BCUT2D eigenvalue weighted by Crippen LogP contribution is -2.49. The van der Waals surface area contributed by atoms with Gasteiger partial charge >= 0.3 is 0 Å². The summed E-state index contributed by atoms with van der Waals surface area (Å²) in [5.41, 5.74) is 2.46. The first-order valence-electron chi connectivity index (χ1n) is 9.84. The number of anilines is 1. The molecule has 4 rings (SSSR count). The largest absolute Gasteiger partial charge is 0.493 e. The fourth-order valence-electron chi connectivity index (χ4n) is 3.65. The summed E-state index contributed by atoms with van der Waals surface area (Å²) in [6, 6.07) is 17.4. The zero-order chi connectivity index (χ0) is 20.9. The number of carbonyl (C=O) groups is 1. The maximum absolute atomic E-state index is 13.1. The number of nitrogens with zero attached hydrogens (tertiary/aromatic N) is 4. The Bertz CT molecular complexity index is 1020. The van der Waals surface area contributed by atoms with Crippen LogP contribution in [0, 0.1) is 0 Å². The van der Waals surface area contributed by atoms with Gasteiger partial charge in [-0.25, -0.2) is 9.97 Å². The zero-order valence-corrected chi connectivity index (χ0v) is 17.1. The lowest BCUT2D eigenvalue weighted by molar-refractivity contribution is 0.0742. The first-order valence-corrected chi connectivity index (χ1v) is 9.84. The number of amides is 1. The van der Waals surface area contributed by atoms with E-state index in [0.717, 1.165) is 17.1 Å². The van der Waals surface area contributed by atoms with Crippen LogP contribution in [0.1, 0.15) is 10.4 Å². The SMILES string of the molecule is COc1cccc(C(=O)N2CCN(c3cc(-c4ccccc4)ncn3)CC2)c1OC. The first kappa shape index (κ1) is 19.7. The Morgan fingerprint density at radius 2 is 1.67 bits per heavy atom. The van der Waals surface area contributed by atoms with Crippen molar-refractivity contribution in [3.05, 3.63) is 66.5 Å². The highest BCUT2D eigenvalue weighted by Gasteiger charge is 2.26. The Morgan fingerprint density at radius 3 is 2.37 bits per heavy atom. The molecule has 154 valence electrons. The molecule has 2 heterocycles. The second-order valence-corrected chi connectivity index (χ2v) is 6.95. The summed E-state index contributed by atoms with van der Waals surface area (Å²) in [5.74, 6) is 1.83. The number of methoxy groups -OCH3 is 2. The van der Waals surface area contributed by atoms with Gasteiger partial charge in [-0.05, 0) is 12.1 Å². The van der Waals surface area contributed by atoms with E-state index in [0.29, 0.717) is 43.2 Å². The normalized spacial score (nSPS) is 13.8. The Hall–Kier alpha value is -3.61. The third kappa shape index (κ3) is 3.91. The molecule has 2 aromatic carbocycles. The van der Waals surface area contributed by atoms with Gasteiger partial charge in [-0.3, -0.25) is 4.79 Å². The van der Waals surface area contributed by atoms with Crippen molar-refractivity contribution in [1.29, 1.82) is 0 Å². The van der Waals surface area contributed by atoms with E-state index in [1.807, 2.05) is 41.3 Å². The van der Waals surface area contributed by atoms with Crippen molar-refractivity contribution in [1.82, 2.24) is 14.9 Å². The van der Waals surface area contributed by atoms with Crippen molar-refractivity contribution >= 4 is 11.7 Å². The zero-order valence-electron chi connectivity index (χ0n) is 17.1. The number of rotatable bonds is 5. The van der Waals surface area contributed by atoms with E-state index in [4.69, 9.17) is 9.47 Å². The van der Waals surface area contributed by atoms with Crippen molar-refractivity contribution in [3.63, 3.8) is 0 Å². The fourth-order valence-corrected chi connectivity index (χ4v) is 3.65. The summed E-state index contributed by atoms with van der Waals surface area (Å²) in [5, 5.41) is 0. The molecule has 1 amide bonds. The number of benzene rings is 2. The van der Waals surface area contributed by atoms with E-state index in [9.17, 15) is 4.79 Å². The molecule has 0 spiro atoms. The Balaban J connectivity index is 1.47. The van der Waals surface area contributed by atoms with Crippen LogP contribution in [-0.4, -0.2) is 61.2 Å². The van der Waals surface area contributed by atoms with E-state index >= 15 is 0 Å². The molecule has 1 aromatic heterocycles. The summed E-state index contributed by atoms with van der Waals surface area (Å²) >= 11 is 0. The smallest absolute Gasteiger partial charge is 0.257 e. The van der Waals surface area contributed by atoms with Gasteiger partial charge in [-0.2, -0.15) is 0 Å². The molecule has 1 fully saturated rings. The maximum atomic E-state index is 13.1. The minimum absolute atomic E-state index is 0.0573. The first-order chi connectivity index (χ1) is 14.7. The second-order valence-electron chi connectivity index (χ2n) is 6.95. The van der Waals surface area contributed by atoms with Gasteiger partial charge in [0.1, 0.15) is 12.1 Å². The van der Waals surface area contributed by atoms with Crippen LogP contribution in [0.4, 0.5) is 5.82 Å². The van der Waals surface area contributed by atoms with Crippen molar-refractivity contribution < 1.29 is 14.3 Å². The third-order valence-corrected chi connectivity index (χ3v) is 5.25. The molecule has 0 N–H and O–H groups in total. The summed E-state index contributed by atoms with van der Waals surface area (Å²) < 4.78 is 10.7. The minimum Gasteiger partial charge on any atom is -0.493 e. The molecule has 7 nitrogen and oxygen atoms in total. The van der Waals surface area contributed by atoms with Crippen LogP contribution in [0.2, 0.25) is 0 Å². The topological polar surface area (TPSA) is 67.8 Å². The molecular formula is C23H24N4O3. The van der Waals surface area contributed by atoms with E-state index in [1.54, 1.807) is 38.7 Å². The average Bonchev–Trinajstić information content (AvgIpc) is 2.83. The molecule has 30 heavy (non-hydrogen) atoms. The van der Waals surface area contributed by atoms with Crippen molar-refractivity contribution in [2.24, 2.45) is 0 Å². The van der Waals surface area contributed by atoms with Crippen LogP contribution in [0.3, 0.4) is 0 Å². The van der Waals surface area contributed by atoms with Crippen molar-refractivity contribution in [2.75, 3.05) is 45.3 Å². The van der Waals surface area contributed by atoms with Gasteiger partial charge in [0, 0.05) is 37.8 Å². The molecule has 0 radical (unpaired) electrons. The minimum atomic E-state index is -0.0573. The molecule has 1 saturated heterocycles. The number of ether oxygens (including phenoxy) is 2. The highest BCUT2D eigenvalue weighted by atomic mass is 16.5. The molecule has 0 saturated carbocycles. The highest BCUT2D eigenvalue weighted by molar-refractivity contribution is 5.98. The fraction of sp³-hybridized carbons (Fsp3) is 0.261. The van der Waals surface area contributed by atoms with Crippen LogP contribution in [0.25, 0.3) is 11.3 Å². The van der Waals surface area contributed by atoms with Crippen LogP contribution in [0.5, 0.6) is 11.5 Å². The standard InChI is InChI=1S/C23H24N4O3/c1-29-20-10-6-9-18(22(20)30-2)23(28)27-13-11-26(12-14-27)21-15-19(24-16-25-21)17-7-4-3-5-8-17/h3-10,15-16H,11-14H2,1-2H3. The van der Waals surface area contributed by atoms with Crippen molar-refractivity contribution in [2.45, 2.75) is 0 Å². The number of hydrogen-bond acceptors (Lipinski definition) is 6. The summed E-state index contributed by atoms with van der Waals surface area (Å²) in [6.07, 6.45) is 1.59. The van der Waals surface area contributed by atoms with E-state index in [1.165, 1.54) is 0 Å². The van der Waals surface area contributed by atoms with E-state index in [-0.39, 0.29) is 5.91 Å². The number of carbonyl (C=O) groups excluding carboxylic acids is 1. The number of aromatic nitrogens is 2. The summed E-state index contributed by atoms with van der Waals surface area (Å²) in [6.45, 7) is 2.60. The van der Waals surface area contributed by atoms with Gasteiger partial charge in [-0.1, -0.05) is 36.4 Å². The molecule has 0 bridgehead atoms. The molecular weight excluding hydrogens is 380 g/mol. The van der Waals surface area contributed by atoms with Gasteiger partial charge in [0.25, 0.3) is 5.91 Å². The molecule has 1 aliphatic rings. The summed E-state index contributed by atoms with van der Waals surface area (Å²) in [7, 11) is 3.11. The molecule has 3 aromatic rings. The molecule has 0 aliphatic carbocycles. The van der Waals surface area contributed by atoms with Crippen LogP contribution in [0.15, 0.2) is 60.9 Å². The van der Waals surface area contributed by atoms with E-state index in [2.05, 4.69) is 14.9 Å².